The first kappa shape index (κ1) is 11.5. The average Bonchev–Trinajstić information content (AvgIpc) is 2.40. The summed E-state index contributed by atoms with van der Waals surface area (Å²) in [7, 11) is 3.44. The minimum absolute atomic E-state index is 0.150. The quantitative estimate of drug-likeness (QED) is 0.639. The molecule has 0 aliphatic carbocycles. The molecule has 1 fully saturated rings. The zero-order chi connectivity index (χ0) is 10.8. The Hall–Kier alpha value is -0.610. The van der Waals surface area contributed by atoms with Crippen molar-refractivity contribution in [3.05, 3.63) is 0 Å². The molecule has 82 valence electrons. The van der Waals surface area contributed by atoms with Gasteiger partial charge in [-0.3, -0.25) is 9.69 Å². The second-order valence-corrected chi connectivity index (χ2v) is 4.14. The van der Waals surface area contributed by atoms with Crippen molar-refractivity contribution in [1.29, 1.82) is 0 Å². The van der Waals surface area contributed by atoms with Crippen LogP contribution in [0.15, 0.2) is 0 Å². The predicted molar refractivity (Wildman–Crippen MR) is 52.8 cm³/mol. The Balaban J connectivity index is 2.37. The molecule has 0 aromatic carbocycles. The molecule has 0 bridgehead atoms. The van der Waals surface area contributed by atoms with E-state index in [-0.39, 0.29) is 11.7 Å². The van der Waals surface area contributed by atoms with Crippen molar-refractivity contribution in [2.75, 3.05) is 20.8 Å². The fourth-order valence-corrected chi connectivity index (χ4v) is 1.62. The van der Waals surface area contributed by atoms with Crippen LogP contribution in [-0.2, 0) is 14.3 Å². The number of carbonyl (C=O) groups excluding carboxylic acids is 1. The highest BCUT2D eigenvalue weighted by Gasteiger charge is 2.37. The molecule has 0 aromatic heterocycles. The first-order valence-corrected chi connectivity index (χ1v) is 4.91. The summed E-state index contributed by atoms with van der Waals surface area (Å²) >= 11 is 0. The Morgan fingerprint density at radius 2 is 2.29 bits per heavy atom. The van der Waals surface area contributed by atoms with Gasteiger partial charge in [0, 0.05) is 12.5 Å². The fraction of sp³-hybridized carbons (Fsp3) is 0.900. The van der Waals surface area contributed by atoms with Crippen molar-refractivity contribution in [3.63, 3.8) is 0 Å². The van der Waals surface area contributed by atoms with Crippen molar-refractivity contribution in [1.82, 2.24) is 4.90 Å². The summed E-state index contributed by atoms with van der Waals surface area (Å²) in [5.74, 6) is -0.150. The minimum atomic E-state index is -0.208. The van der Waals surface area contributed by atoms with Crippen LogP contribution < -0.4 is 0 Å². The van der Waals surface area contributed by atoms with E-state index in [1.165, 1.54) is 7.11 Å². The van der Waals surface area contributed by atoms with Gasteiger partial charge in [0.25, 0.3) is 0 Å². The summed E-state index contributed by atoms with van der Waals surface area (Å²) < 4.78 is 10.2. The molecular weight excluding hydrogens is 182 g/mol. The molecule has 0 amide bonds. The van der Waals surface area contributed by atoms with Crippen molar-refractivity contribution in [2.45, 2.75) is 38.5 Å². The molecule has 1 saturated heterocycles. The van der Waals surface area contributed by atoms with Crippen LogP contribution in [-0.4, -0.2) is 43.4 Å². The third-order valence-electron chi connectivity index (χ3n) is 2.94. The normalized spacial score (nSPS) is 26.4. The molecule has 1 unspecified atom stereocenters. The van der Waals surface area contributed by atoms with Gasteiger partial charge in [-0.15, -0.1) is 0 Å². The Bertz CT molecular complexity index is 215. The summed E-state index contributed by atoms with van der Waals surface area (Å²) in [6.45, 7) is 4.76. The van der Waals surface area contributed by atoms with Gasteiger partial charge in [0.05, 0.1) is 13.7 Å². The largest absolute Gasteiger partial charge is 0.469 e. The topological polar surface area (TPSA) is 38.8 Å². The molecule has 0 radical (unpaired) electrons. The lowest BCUT2D eigenvalue weighted by molar-refractivity contribution is -0.141. The SMILES string of the molecule is COC(=O)CCC1COC(C)(C)N1C. The second-order valence-electron chi connectivity index (χ2n) is 4.14. The van der Waals surface area contributed by atoms with Crippen molar-refractivity contribution < 1.29 is 14.3 Å². The van der Waals surface area contributed by atoms with Crippen LogP contribution in [0.5, 0.6) is 0 Å². The maximum atomic E-state index is 11.0. The fourth-order valence-electron chi connectivity index (χ4n) is 1.62. The molecule has 0 saturated carbocycles. The van der Waals surface area contributed by atoms with Gasteiger partial charge in [-0.25, -0.2) is 0 Å². The van der Waals surface area contributed by atoms with Crippen LogP contribution in [0, 0.1) is 0 Å². The van der Waals surface area contributed by atoms with Gasteiger partial charge in [0.15, 0.2) is 0 Å². The molecule has 14 heavy (non-hydrogen) atoms. The number of nitrogens with zero attached hydrogens (tertiary/aromatic N) is 1. The molecule has 0 spiro atoms. The molecule has 0 aromatic rings. The van der Waals surface area contributed by atoms with Gasteiger partial charge in [0.2, 0.25) is 0 Å². The number of likely N-dealkylation sites (N-methyl/N-ethyl adjacent to an activating group) is 1. The second kappa shape index (κ2) is 4.28. The highest BCUT2D eigenvalue weighted by atomic mass is 16.5. The van der Waals surface area contributed by atoms with E-state index >= 15 is 0 Å². The number of carbonyl (C=O) groups is 1. The first-order valence-electron chi connectivity index (χ1n) is 4.91. The van der Waals surface area contributed by atoms with Gasteiger partial charge in [0.1, 0.15) is 5.72 Å². The van der Waals surface area contributed by atoms with Crippen molar-refractivity contribution in [3.8, 4) is 0 Å². The Labute approximate surface area is 85.2 Å². The maximum Gasteiger partial charge on any atom is 0.305 e. The Morgan fingerprint density at radius 1 is 1.64 bits per heavy atom. The maximum absolute atomic E-state index is 11.0. The zero-order valence-electron chi connectivity index (χ0n) is 9.37. The number of methoxy groups -OCH3 is 1. The van der Waals surface area contributed by atoms with E-state index in [4.69, 9.17) is 4.74 Å². The van der Waals surface area contributed by atoms with E-state index in [1.807, 2.05) is 20.9 Å². The van der Waals surface area contributed by atoms with Gasteiger partial charge in [-0.1, -0.05) is 0 Å². The van der Waals surface area contributed by atoms with Gasteiger partial charge >= 0.3 is 5.97 Å². The highest BCUT2D eigenvalue weighted by molar-refractivity contribution is 5.69. The molecule has 1 atom stereocenters. The zero-order valence-corrected chi connectivity index (χ0v) is 9.37. The van der Waals surface area contributed by atoms with Crippen LogP contribution in [0.2, 0.25) is 0 Å². The van der Waals surface area contributed by atoms with Crippen LogP contribution in [0.25, 0.3) is 0 Å². The summed E-state index contributed by atoms with van der Waals surface area (Å²) in [5.41, 5.74) is -0.208. The van der Waals surface area contributed by atoms with Crippen molar-refractivity contribution in [2.24, 2.45) is 0 Å². The molecule has 1 heterocycles. The van der Waals surface area contributed by atoms with E-state index in [2.05, 4.69) is 9.64 Å². The van der Waals surface area contributed by atoms with Crippen LogP contribution in [0.3, 0.4) is 0 Å². The van der Waals surface area contributed by atoms with E-state index in [1.54, 1.807) is 0 Å². The Kier molecular flexibility index (Phi) is 3.50. The summed E-state index contributed by atoms with van der Waals surface area (Å²) in [6.07, 6.45) is 1.26. The first-order chi connectivity index (χ1) is 6.47. The molecule has 0 N–H and O–H groups in total. The number of esters is 1. The monoisotopic (exact) mass is 201 g/mol. The predicted octanol–water partition coefficient (Wildman–Crippen LogP) is 1.01. The molecule has 1 rings (SSSR count). The number of ether oxygens (including phenoxy) is 2. The Morgan fingerprint density at radius 3 is 2.71 bits per heavy atom. The molecule has 1 aliphatic rings. The lowest BCUT2D eigenvalue weighted by atomic mass is 10.1. The summed E-state index contributed by atoms with van der Waals surface area (Å²) in [5, 5.41) is 0. The van der Waals surface area contributed by atoms with Gasteiger partial charge in [-0.2, -0.15) is 0 Å². The van der Waals surface area contributed by atoms with Crippen LogP contribution in [0.1, 0.15) is 26.7 Å². The molecule has 4 nitrogen and oxygen atoms in total. The lowest BCUT2D eigenvalue weighted by Gasteiger charge is -2.29. The molecular formula is C10H19NO3. The highest BCUT2D eigenvalue weighted by Crippen LogP contribution is 2.27. The van der Waals surface area contributed by atoms with Crippen molar-refractivity contribution >= 4 is 5.97 Å². The number of hydrogen-bond donors (Lipinski definition) is 0. The smallest absolute Gasteiger partial charge is 0.305 e. The lowest BCUT2D eigenvalue weighted by Crippen LogP contribution is -2.40. The summed E-state index contributed by atoms with van der Waals surface area (Å²) in [4.78, 5) is 13.1. The van der Waals surface area contributed by atoms with E-state index in [9.17, 15) is 4.79 Å². The van der Waals surface area contributed by atoms with Gasteiger partial charge < -0.3 is 9.47 Å². The summed E-state index contributed by atoms with van der Waals surface area (Å²) in [6, 6.07) is 0.323. The van der Waals surface area contributed by atoms with Gasteiger partial charge in [-0.05, 0) is 27.3 Å². The van der Waals surface area contributed by atoms with E-state index < -0.39 is 0 Å². The third kappa shape index (κ3) is 2.45. The van der Waals surface area contributed by atoms with Crippen LogP contribution in [0.4, 0.5) is 0 Å². The molecule has 1 aliphatic heterocycles. The van der Waals surface area contributed by atoms with E-state index in [0.717, 1.165) is 6.42 Å². The van der Waals surface area contributed by atoms with Crippen LogP contribution >= 0.6 is 0 Å². The minimum Gasteiger partial charge on any atom is -0.469 e. The number of hydrogen-bond acceptors (Lipinski definition) is 4. The third-order valence-corrected chi connectivity index (χ3v) is 2.94. The average molecular weight is 201 g/mol. The number of rotatable bonds is 3. The standard InChI is InChI=1S/C10H19NO3/c1-10(2)11(3)8(7-14-10)5-6-9(12)13-4/h8H,5-7H2,1-4H3. The van der Waals surface area contributed by atoms with E-state index in [0.29, 0.717) is 19.1 Å². The molecule has 4 heteroatoms.